The molecular weight excluding hydrogens is 276 g/mol. The van der Waals surface area contributed by atoms with Gasteiger partial charge < -0.3 is 15.7 Å². The maximum absolute atomic E-state index is 12.3. The Morgan fingerprint density at radius 1 is 1.30 bits per heavy atom. The number of para-hydroxylation sites is 1. The van der Waals surface area contributed by atoms with Crippen molar-refractivity contribution in [2.24, 2.45) is 0 Å². The number of phenols is 1. The number of hydrogen-bond donors (Lipinski definition) is 2. The fraction of sp³-hybridized carbons (Fsp3) is 0.133. The average Bonchev–Trinajstić information content (AvgIpc) is 2.43. The fourth-order valence-corrected chi connectivity index (χ4v) is 2.06. The number of halogens is 1. The van der Waals surface area contributed by atoms with Crippen molar-refractivity contribution in [1.82, 2.24) is 4.90 Å². The first-order valence-corrected chi connectivity index (χ1v) is 6.44. The molecular formula is C15H15ClN2O2. The van der Waals surface area contributed by atoms with Crippen LogP contribution in [0.15, 0.2) is 42.5 Å². The van der Waals surface area contributed by atoms with E-state index in [9.17, 15) is 9.90 Å². The van der Waals surface area contributed by atoms with Gasteiger partial charge in [-0.25, -0.2) is 0 Å². The smallest absolute Gasteiger partial charge is 0.257 e. The van der Waals surface area contributed by atoms with Gasteiger partial charge >= 0.3 is 0 Å². The Kier molecular flexibility index (Phi) is 4.15. The molecule has 0 atom stereocenters. The molecule has 0 heterocycles. The van der Waals surface area contributed by atoms with Gasteiger partial charge in [-0.2, -0.15) is 0 Å². The summed E-state index contributed by atoms with van der Waals surface area (Å²) in [5, 5.41) is 10.1. The van der Waals surface area contributed by atoms with Gasteiger partial charge in [0.05, 0.1) is 5.56 Å². The number of carbonyl (C=O) groups excluding carboxylic acids is 1. The lowest BCUT2D eigenvalue weighted by atomic mass is 10.1. The number of benzene rings is 2. The summed E-state index contributed by atoms with van der Waals surface area (Å²) in [6, 6.07) is 11.7. The molecule has 1 amide bonds. The highest BCUT2D eigenvalue weighted by atomic mass is 35.5. The first-order chi connectivity index (χ1) is 9.49. The minimum absolute atomic E-state index is 0.0905. The van der Waals surface area contributed by atoms with Crippen LogP contribution in [-0.4, -0.2) is 23.0 Å². The topological polar surface area (TPSA) is 66.6 Å². The number of rotatable bonds is 3. The number of nitrogens with zero attached hydrogens (tertiary/aromatic N) is 1. The van der Waals surface area contributed by atoms with Crippen LogP contribution >= 0.6 is 11.6 Å². The Morgan fingerprint density at radius 2 is 2.00 bits per heavy atom. The summed E-state index contributed by atoms with van der Waals surface area (Å²) in [5.74, 6) is -0.402. The quantitative estimate of drug-likeness (QED) is 0.854. The van der Waals surface area contributed by atoms with Gasteiger partial charge in [0.15, 0.2) is 0 Å². The summed E-state index contributed by atoms with van der Waals surface area (Å²) < 4.78 is 0. The second-order valence-corrected chi connectivity index (χ2v) is 4.96. The first-order valence-electron chi connectivity index (χ1n) is 6.06. The molecule has 4 nitrogen and oxygen atoms in total. The summed E-state index contributed by atoms with van der Waals surface area (Å²) >= 11 is 5.85. The van der Waals surface area contributed by atoms with E-state index in [2.05, 4.69) is 0 Å². The van der Waals surface area contributed by atoms with Crippen LogP contribution in [0.3, 0.4) is 0 Å². The standard InChI is InChI=1S/C15H15ClN2O2/c1-18(9-10-4-2-3-5-13(10)17)15(20)12-8-11(16)6-7-14(12)19/h2-8,19H,9,17H2,1H3. The number of carbonyl (C=O) groups is 1. The van der Waals surface area contributed by atoms with Gasteiger partial charge in [0.1, 0.15) is 5.75 Å². The van der Waals surface area contributed by atoms with Crippen molar-refractivity contribution in [3.8, 4) is 5.75 Å². The molecule has 20 heavy (non-hydrogen) atoms. The molecule has 0 bridgehead atoms. The van der Waals surface area contributed by atoms with Gasteiger partial charge in [0.2, 0.25) is 0 Å². The Bertz CT molecular complexity index is 644. The molecule has 0 aliphatic rings. The number of hydrogen-bond acceptors (Lipinski definition) is 3. The van der Waals surface area contributed by atoms with E-state index in [1.54, 1.807) is 13.1 Å². The van der Waals surface area contributed by atoms with Crippen molar-refractivity contribution >= 4 is 23.2 Å². The average molecular weight is 291 g/mol. The summed E-state index contributed by atoms with van der Waals surface area (Å²) in [6.45, 7) is 0.359. The van der Waals surface area contributed by atoms with Gasteiger partial charge in [-0.15, -0.1) is 0 Å². The van der Waals surface area contributed by atoms with E-state index in [4.69, 9.17) is 17.3 Å². The van der Waals surface area contributed by atoms with E-state index >= 15 is 0 Å². The van der Waals surface area contributed by atoms with Gasteiger partial charge in [-0.3, -0.25) is 4.79 Å². The zero-order chi connectivity index (χ0) is 14.7. The number of aromatic hydroxyl groups is 1. The van der Waals surface area contributed by atoms with Crippen molar-refractivity contribution < 1.29 is 9.90 Å². The minimum atomic E-state index is -0.312. The fourth-order valence-electron chi connectivity index (χ4n) is 1.89. The van der Waals surface area contributed by atoms with E-state index in [0.717, 1.165) is 5.56 Å². The van der Waals surface area contributed by atoms with E-state index in [1.807, 2.05) is 18.2 Å². The van der Waals surface area contributed by atoms with E-state index in [-0.39, 0.29) is 17.2 Å². The second kappa shape index (κ2) is 5.84. The summed E-state index contributed by atoms with van der Waals surface area (Å²) in [4.78, 5) is 13.8. The zero-order valence-electron chi connectivity index (χ0n) is 11.0. The number of nitrogen functional groups attached to an aromatic ring is 1. The van der Waals surface area contributed by atoms with Crippen molar-refractivity contribution in [3.05, 3.63) is 58.6 Å². The van der Waals surface area contributed by atoms with Crippen molar-refractivity contribution in [1.29, 1.82) is 0 Å². The third kappa shape index (κ3) is 3.03. The molecule has 0 fully saturated rings. The highest BCUT2D eigenvalue weighted by Crippen LogP contribution is 2.23. The normalized spacial score (nSPS) is 10.3. The number of amides is 1. The molecule has 0 aromatic heterocycles. The van der Waals surface area contributed by atoms with Crippen molar-refractivity contribution in [3.63, 3.8) is 0 Å². The molecule has 104 valence electrons. The van der Waals surface area contributed by atoms with Crippen molar-refractivity contribution in [2.45, 2.75) is 6.54 Å². The van der Waals surface area contributed by atoms with Gasteiger partial charge in [0, 0.05) is 24.3 Å². The van der Waals surface area contributed by atoms with Crippen LogP contribution in [-0.2, 0) is 6.54 Å². The highest BCUT2D eigenvalue weighted by molar-refractivity contribution is 6.31. The van der Waals surface area contributed by atoms with Crippen LogP contribution < -0.4 is 5.73 Å². The molecule has 3 N–H and O–H groups in total. The van der Waals surface area contributed by atoms with E-state index in [0.29, 0.717) is 17.3 Å². The summed E-state index contributed by atoms with van der Waals surface area (Å²) in [5.41, 5.74) is 7.51. The van der Waals surface area contributed by atoms with Crippen LogP contribution in [0.25, 0.3) is 0 Å². The molecule has 0 spiro atoms. The maximum atomic E-state index is 12.3. The Balaban J connectivity index is 2.21. The SMILES string of the molecule is CN(Cc1ccccc1N)C(=O)c1cc(Cl)ccc1O. The largest absolute Gasteiger partial charge is 0.507 e. The molecule has 5 heteroatoms. The van der Waals surface area contributed by atoms with E-state index < -0.39 is 0 Å². The van der Waals surface area contributed by atoms with Gasteiger partial charge in [-0.05, 0) is 29.8 Å². The monoisotopic (exact) mass is 290 g/mol. The van der Waals surface area contributed by atoms with Gasteiger partial charge in [0.25, 0.3) is 5.91 Å². The lowest BCUT2D eigenvalue weighted by molar-refractivity contribution is 0.0782. The summed E-state index contributed by atoms with van der Waals surface area (Å²) in [6.07, 6.45) is 0. The van der Waals surface area contributed by atoms with Crippen molar-refractivity contribution in [2.75, 3.05) is 12.8 Å². The molecule has 2 rings (SSSR count). The van der Waals surface area contributed by atoms with Crippen LogP contribution in [0.4, 0.5) is 5.69 Å². The molecule has 0 aliphatic carbocycles. The van der Waals surface area contributed by atoms with Crippen LogP contribution in [0, 0.1) is 0 Å². The molecule has 2 aromatic carbocycles. The lowest BCUT2D eigenvalue weighted by Gasteiger charge is -2.19. The second-order valence-electron chi connectivity index (χ2n) is 4.52. The number of nitrogens with two attached hydrogens (primary N) is 1. The molecule has 0 aliphatic heterocycles. The van der Waals surface area contributed by atoms with Crippen LogP contribution in [0.2, 0.25) is 5.02 Å². The Hall–Kier alpha value is -2.20. The highest BCUT2D eigenvalue weighted by Gasteiger charge is 2.17. The Morgan fingerprint density at radius 3 is 2.70 bits per heavy atom. The predicted molar refractivity (Wildman–Crippen MR) is 79.8 cm³/mol. The first kappa shape index (κ1) is 14.2. The lowest BCUT2D eigenvalue weighted by Crippen LogP contribution is -2.26. The molecule has 0 saturated carbocycles. The molecule has 0 radical (unpaired) electrons. The number of anilines is 1. The number of phenolic OH excluding ortho intramolecular Hbond substituents is 1. The van der Waals surface area contributed by atoms with Gasteiger partial charge in [-0.1, -0.05) is 29.8 Å². The third-order valence-electron chi connectivity index (χ3n) is 3.00. The minimum Gasteiger partial charge on any atom is -0.507 e. The molecule has 0 saturated heterocycles. The molecule has 0 unspecified atom stereocenters. The van der Waals surface area contributed by atoms with Crippen LogP contribution in [0.1, 0.15) is 15.9 Å². The summed E-state index contributed by atoms with van der Waals surface area (Å²) in [7, 11) is 1.65. The van der Waals surface area contributed by atoms with E-state index in [1.165, 1.54) is 23.1 Å². The predicted octanol–water partition coefficient (Wildman–Crippen LogP) is 2.90. The zero-order valence-corrected chi connectivity index (χ0v) is 11.8. The Labute approximate surface area is 122 Å². The van der Waals surface area contributed by atoms with Crippen LogP contribution in [0.5, 0.6) is 5.75 Å². The molecule has 2 aromatic rings. The maximum Gasteiger partial charge on any atom is 0.257 e. The third-order valence-corrected chi connectivity index (χ3v) is 3.23.